The third kappa shape index (κ3) is 6.00. The molecule has 5 heterocycles. The number of aliphatic hydroxyl groups excluding tert-OH is 1. The van der Waals surface area contributed by atoms with Gasteiger partial charge in [0.15, 0.2) is 13.9 Å². The van der Waals surface area contributed by atoms with Gasteiger partial charge in [-0.05, 0) is 79.4 Å². The zero-order chi connectivity index (χ0) is 37.2. The highest BCUT2D eigenvalue weighted by Gasteiger charge is 2.66. The predicted molar refractivity (Wildman–Crippen MR) is 203 cm³/mol. The molecule has 53 heavy (non-hydrogen) atoms. The molecule has 0 bridgehead atoms. The summed E-state index contributed by atoms with van der Waals surface area (Å²) in [5.41, 5.74) is 3.91. The molecule has 5 aliphatic heterocycles. The average Bonchev–Trinajstić information content (AvgIpc) is 3.90. The van der Waals surface area contributed by atoms with Crippen molar-refractivity contribution in [1.29, 1.82) is 0 Å². The summed E-state index contributed by atoms with van der Waals surface area (Å²) < 4.78 is 7.04. The number of fused-ring (bicyclic) bond motifs is 3. The molecular weight excluding hydrogens is 689 g/mol. The second kappa shape index (κ2) is 13.5. The maximum atomic E-state index is 15.1. The van der Waals surface area contributed by atoms with E-state index < -0.39 is 31.5 Å². The molecule has 0 unspecified atom stereocenters. The van der Waals surface area contributed by atoms with Gasteiger partial charge in [-0.25, -0.2) is 0 Å². The molecule has 3 saturated heterocycles. The maximum absolute atomic E-state index is 15.1. The Bertz CT molecular complexity index is 1960. The van der Waals surface area contributed by atoms with Gasteiger partial charge in [0, 0.05) is 60.9 Å². The van der Waals surface area contributed by atoms with Gasteiger partial charge in [-0.15, -0.1) is 0 Å². The number of anilines is 3. The summed E-state index contributed by atoms with van der Waals surface area (Å²) in [4.78, 5) is 73.5. The van der Waals surface area contributed by atoms with Gasteiger partial charge in [0.2, 0.25) is 17.7 Å². The van der Waals surface area contributed by atoms with Crippen molar-refractivity contribution in [3.63, 3.8) is 0 Å². The highest BCUT2D eigenvalue weighted by Crippen LogP contribution is 2.60. The summed E-state index contributed by atoms with van der Waals surface area (Å²) >= 11 is 0. The van der Waals surface area contributed by atoms with Crippen LogP contribution in [0, 0.1) is 5.92 Å². The van der Waals surface area contributed by atoms with Crippen molar-refractivity contribution in [1.82, 2.24) is 4.90 Å². The number of carbonyl (C=O) groups excluding carboxylic acids is 4. The minimum absolute atomic E-state index is 0.0314. The van der Waals surface area contributed by atoms with Crippen LogP contribution in [0.2, 0.25) is 18.6 Å². The van der Waals surface area contributed by atoms with Gasteiger partial charge in [-0.1, -0.05) is 43.3 Å². The lowest BCUT2D eigenvalue weighted by atomic mass is 9.82. The molecule has 4 amide bonds. The number of aliphatic hydroxyl groups is 1. The largest absolute Gasteiger partial charge is 0.432 e. The number of nitrogens with zero attached hydrogens (tertiary/aromatic N) is 4. The van der Waals surface area contributed by atoms with Crippen LogP contribution in [0.25, 0.3) is 0 Å². The standard InChI is InChI=1S/C41H48N4O7Si/c1-26-39(53(2,3)51)35(22-38(49)44-24-29-9-5-4-8-28(29)20-32(44)25-46)52-41(26)33-21-31(43-19-7-11-37(43)48)16-17-34(33)45(40(41)50)23-27-12-14-30(15-13-27)42-18-6-10-36(42)47/h4-5,8-9,12-17,21,26,32,35,39,46,51H,6-7,10-11,18-20,22-25H2,1-3H3/t26-,32-,35+,39-,41+/m0/s1. The maximum Gasteiger partial charge on any atom is 0.264 e. The van der Waals surface area contributed by atoms with Gasteiger partial charge >= 0.3 is 0 Å². The van der Waals surface area contributed by atoms with E-state index in [1.54, 1.807) is 19.6 Å². The van der Waals surface area contributed by atoms with Gasteiger partial charge in [-0.3, -0.25) is 19.2 Å². The van der Waals surface area contributed by atoms with Crippen LogP contribution in [0.15, 0.2) is 66.7 Å². The van der Waals surface area contributed by atoms with E-state index in [1.165, 1.54) is 0 Å². The fourth-order valence-corrected chi connectivity index (χ4v) is 12.3. The number of benzene rings is 3. The Labute approximate surface area is 311 Å². The van der Waals surface area contributed by atoms with Crippen LogP contribution in [0.1, 0.15) is 61.3 Å². The molecule has 5 atom stereocenters. The molecule has 0 saturated carbocycles. The molecule has 0 radical (unpaired) electrons. The van der Waals surface area contributed by atoms with Crippen molar-refractivity contribution < 1.29 is 33.8 Å². The summed E-state index contributed by atoms with van der Waals surface area (Å²) in [6.45, 7) is 7.35. The van der Waals surface area contributed by atoms with Crippen molar-refractivity contribution in [2.45, 2.75) is 94.9 Å². The van der Waals surface area contributed by atoms with Gasteiger partial charge in [0.25, 0.3) is 5.91 Å². The predicted octanol–water partition coefficient (Wildman–Crippen LogP) is 4.62. The Balaban J connectivity index is 1.15. The van der Waals surface area contributed by atoms with Crippen LogP contribution in [-0.4, -0.2) is 78.6 Å². The van der Waals surface area contributed by atoms with Gasteiger partial charge in [0.05, 0.1) is 37.4 Å². The Kier molecular flexibility index (Phi) is 9.08. The number of carbonyl (C=O) groups is 4. The smallest absolute Gasteiger partial charge is 0.264 e. The molecule has 12 heteroatoms. The van der Waals surface area contributed by atoms with Crippen LogP contribution < -0.4 is 14.7 Å². The fourth-order valence-electron chi connectivity index (χ4n) is 9.73. The summed E-state index contributed by atoms with van der Waals surface area (Å²) in [6, 6.07) is 21.0. The van der Waals surface area contributed by atoms with Crippen molar-refractivity contribution >= 4 is 49.0 Å². The van der Waals surface area contributed by atoms with Gasteiger partial charge < -0.3 is 34.2 Å². The number of hydrogen-bond acceptors (Lipinski definition) is 7. The second-order valence-corrected chi connectivity index (χ2v) is 19.9. The molecule has 3 aromatic rings. The monoisotopic (exact) mass is 736 g/mol. The summed E-state index contributed by atoms with van der Waals surface area (Å²) in [5.74, 6) is -0.803. The zero-order valence-electron chi connectivity index (χ0n) is 30.7. The van der Waals surface area contributed by atoms with Crippen molar-refractivity contribution in [3.8, 4) is 0 Å². The first kappa shape index (κ1) is 35.7. The van der Waals surface area contributed by atoms with E-state index in [-0.39, 0.29) is 49.2 Å². The molecule has 0 aliphatic carbocycles. The summed E-state index contributed by atoms with van der Waals surface area (Å²) in [6.07, 6.45) is 2.33. The quantitative estimate of drug-likeness (QED) is 0.323. The van der Waals surface area contributed by atoms with Crippen molar-refractivity contribution in [2.24, 2.45) is 5.92 Å². The van der Waals surface area contributed by atoms with Crippen LogP contribution in [0.4, 0.5) is 17.1 Å². The second-order valence-electron chi connectivity index (χ2n) is 16.0. The normalized spacial score (nSPS) is 27.0. The van der Waals surface area contributed by atoms with Crippen LogP contribution >= 0.6 is 0 Å². The van der Waals surface area contributed by atoms with Gasteiger partial charge in [-0.2, -0.15) is 0 Å². The lowest BCUT2D eigenvalue weighted by Crippen LogP contribution is -2.48. The molecule has 0 aromatic heterocycles. The third-order valence-corrected chi connectivity index (χ3v) is 14.8. The van der Waals surface area contributed by atoms with Crippen LogP contribution in [0.5, 0.6) is 0 Å². The highest BCUT2D eigenvalue weighted by atomic mass is 28.4. The van der Waals surface area contributed by atoms with E-state index in [4.69, 9.17) is 4.74 Å². The molecular formula is C41H48N4O7Si. The first-order valence-electron chi connectivity index (χ1n) is 18.9. The Morgan fingerprint density at radius 2 is 1.55 bits per heavy atom. The SMILES string of the molecule is C[C@H]1[C@H]([Si](C)(C)O)[C@@H](CC(=O)N2Cc3ccccc3C[C@H]2CO)O[C@]12C(=O)N(Cc1ccc(N3CCCC3=O)cc1)c1ccc(N3CCCC3=O)cc12. The summed E-state index contributed by atoms with van der Waals surface area (Å²) in [5, 5.41) is 10.3. The molecule has 3 fully saturated rings. The number of amides is 4. The Morgan fingerprint density at radius 1 is 0.906 bits per heavy atom. The Morgan fingerprint density at radius 3 is 2.17 bits per heavy atom. The lowest BCUT2D eigenvalue weighted by molar-refractivity contribution is -0.151. The highest BCUT2D eigenvalue weighted by molar-refractivity contribution is 6.71. The van der Waals surface area contributed by atoms with Crippen LogP contribution in [0.3, 0.4) is 0 Å². The van der Waals surface area contributed by atoms with E-state index in [0.29, 0.717) is 55.8 Å². The van der Waals surface area contributed by atoms with E-state index in [2.05, 4.69) is 0 Å². The average molecular weight is 737 g/mol. The van der Waals surface area contributed by atoms with E-state index in [9.17, 15) is 24.3 Å². The molecule has 2 N–H and O–H groups in total. The topological polar surface area (TPSA) is 131 Å². The van der Waals surface area contributed by atoms with E-state index in [1.807, 2.05) is 86.7 Å². The Hall–Kier alpha value is -4.36. The first-order valence-corrected chi connectivity index (χ1v) is 22.0. The molecule has 3 aromatic carbocycles. The zero-order valence-corrected chi connectivity index (χ0v) is 31.7. The third-order valence-electron chi connectivity index (χ3n) is 12.3. The summed E-state index contributed by atoms with van der Waals surface area (Å²) in [7, 11) is -3.08. The van der Waals surface area contributed by atoms with Gasteiger partial charge in [0.1, 0.15) is 0 Å². The minimum Gasteiger partial charge on any atom is -0.432 e. The van der Waals surface area contributed by atoms with Crippen LogP contribution in [-0.2, 0) is 49.0 Å². The molecule has 278 valence electrons. The number of ether oxygens (including phenoxy) is 1. The number of hydrogen-bond donors (Lipinski definition) is 2. The molecule has 1 spiro atoms. The first-order chi connectivity index (χ1) is 25.4. The molecule has 11 nitrogen and oxygen atoms in total. The fraction of sp³-hybridized carbons (Fsp3) is 0.463. The molecule has 8 rings (SSSR count). The van der Waals surface area contributed by atoms with Crippen molar-refractivity contribution in [3.05, 3.63) is 89.0 Å². The minimum atomic E-state index is -3.08. The number of rotatable bonds is 8. The van der Waals surface area contributed by atoms with E-state index >= 15 is 4.79 Å². The van der Waals surface area contributed by atoms with Crippen molar-refractivity contribution in [2.75, 3.05) is 34.4 Å². The molecule has 5 aliphatic rings. The van der Waals surface area contributed by atoms with E-state index in [0.717, 1.165) is 35.2 Å². The lowest BCUT2D eigenvalue weighted by Gasteiger charge is -2.37.